The maximum Gasteiger partial charge on any atom is 0.420 e. The van der Waals surface area contributed by atoms with Crippen LogP contribution in [0.25, 0.3) is 11.1 Å². The number of ether oxygens (including phenoxy) is 1. The highest BCUT2D eigenvalue weighted by molar-refractivity contribution is 7.89. The van der Waals surface area contributed by atoms with E-state index in [0.29, 0.717) is 41.9 Å². The van der Waals surface area contributed by atoms with E-state index in [4.69, 9.17) is 9.15 Å². The van der Waals surface area contributed by atoms with E-state index >= 15 is 0 Å². The largest absolute Gasteiger partial charge is 0.496 e. The number of oxazole rings is 1. The van der Waals surface area contributed by atoms with Gasteiger partial charge in [0.25, 0.3) is 0 Å². The van der Waals surface area contributed by atoms with Crippen LogP contribution in [0.5, 0.6) is 5.75 Å². The molecule has 1 aliphatic heterocycles. The smallest absolute Gasteiger partial charge is 0.420 e. The summed E-state index contributed by atoms with van der Waals surface area (Å²) >= 11 is 0. The van der Waals surface area contributed by atoms with Crippen LogP contribution in [0.2, 0.25) is 0 Å². The number of nitrogens with zero attached hydrogens (tertiary/aromatic N) is 2. The van der Waals surface area contributed by atoms with Crippen LogP contribution < -0.4 is 10.5 Å². The van der Waals surface area contributed by atoms with Gasteiger partial charge in [0.15, 0.2) is 5.58 Å². The van der Waals surface area contributed by atoms with Gasteiger partial charge >= 0.3 is 5.76 Å². The summed E-state index contributed by atoms with van der Waals surface area (Å²) in [6, 6.07) is 17.2. The van der Waals surface area contributed by atoms with E-state index in [-0.39, 0.29) is 17.0 Å². The number of hydrogen-bond acceptors (Lipinski definition) is 6. The number of hydrogen-bond donors (Lipinski definition) is 0. The minimum atomic E-state index is -3.78. The standard InChI is InChI=1S/C25H22N2O6S/c1-32-23-9-6-17(16-28)12-20(23)15-27-22-8-7-21(13-24(22)33-25(27)29)34(30,31)26-11-10-18-4-2-3-5-19(18)14-26/h2-9,12-13,16H,10-11,14-15H2,1H3. The van der Waals surface area contributed by atoms with E-state index in [1.807, 2.05) is 24.3 Å². The monoisotopic (exact) mass is 478 g/mol. The molecule has 9 heteroatoms. The number of sulfonamides is 1. The summed E-state index contributed by atoms with van der Waals surface area (Å²) in [4.78, 5) is 23.9. The molecule has 0 fully saturated rings. The minimum absolute atomic E-state index is 0.0702. The van der Waals surface area contributed by atoms with Crippen LogP contribution in [0.1, 0.15) is 27.0 Å². The number of benzene rings is 3. The first-order valence-corrected chi connectivity index (χ1v) is 12.2. The van der Waals surface area contributed by atoms with Crippen molar-refractivity contribution >= 4 is 27.4 Å². The van der Waals surface area contributed by atoms with Crippen LogP contribution in [-0.4, -0.2) is 37.2 Å². The minimum Gasteiger partial charge on any atom is -0.496 e. The van der Waals surface area contributed by atoms with E-state index in [1.54, 1.807) is 24.3 Å². The first kappa shape index (κ1) is 22.1. The Hall–Kier alpha value is -3.69. The Morgan fingerprint density at radius 2 is 1.85 bits per heavy atom. The van der Waals surface area contributed by atoms with E-state index in [2.05, 4.69) is 0 Å². The Morgan fingerprint density at radius 1 is 1.06 bits per heavy atom. The number of carbonyl (C=O) groups is 1. The second-order valence-corrected chi connectivity index (χ2v) is 10.1. The molecule has 0 unspecified atom stereocenters. The summed E-state index contributed by atoms with van der Waals surface area (Å²) in [6.07, 6.45) is 1.36. The van der Waals surface area contributed by atoms with Gasteiger partial charge in [0.2, 0.25) is 10.0 Å². The molecular formula is C25H22N2O6S. The van der Waals surface area contributed by atoms with Gasteiger partial charge in [-0.3, -0.25) is 9.36 Å². The van der Waals surface area contributed by atoms with Crippen molar-refractivity contribution in [3.8, 4) is 5.75 Å². The summed E-state index contributed by atoms with van der Waals surface area (Å²) < 4.78 is 40.2. The van der Waals surface area contributed by atoms with Crippen molar-refractivity contribution in [2.75, 3.05) is 13.7 Å². The van der Waals surface area contributed by atoms with Crippen LogP contribution in [-0.2, 0) is 29.5 Å². The summed E-state index contributed by atoms with van der Waals surface area (Å²) in [5.41, 5.74) is 3.85. The highest BCUT2D eigenvalue weighted by Crippen LogP contribution is 2.28. The quantitative estimate of drug-likeness (QED) is 0.395. The molecule has 1 aliphatic rings. The van der Waals surface area contributed by atoms with E-state index in [9.17, 15) is 18.0 Å². The Labute approximate surface area is 196 Å². The lowest BCUT2D eigenvalue weighted by atomic mass is 10.0. The molecule has 34 heavy (non-hydrogen) atoms. The third-order valence-corrected chi connectivity index (χ3v) is 7.98. The van der Waals surface area contributed by atoms with Crippen molar-refractivity contribution in [1.29, 1.82) is 0 Å². The van der Waals surface area contributed by atoms with Gasteiger partial charge in [-0.2, -0.15) is 4.31 Å². The average molecular weight is 479 g/mol. The molecule has 8 nitrogen and oxygen atoms in total. The zero-order valence-electron chi connectivity index (χ0n) is 18.4. The molecule has 0 radical (unpaired) electrons. The summed E-state index contributed by atoms with van der Waals surface area (Å²) in [6.45, 7) is 0.787. The average Bonchev–Trinajstić information content (AvgIpc) is 3.17. The number of rotatable bonds is 6. The summed E-state index contributed by atoms with van der Waals surface area (Å²) in [5, 5.41) is 0. The van der Waals surface area contributed by atoms with E-state index in [1.165, 1.54) is 28.1 Å². The molecule has 0 amide bonds. The highest BCUT2D eigenvalue weighted by Gasteiger charge is 2.29. The summed E-state index contributed by atoms with van der Waals surface area (Å²) in [7, 11) is -2.27. The number of carbonyl (C=O) groups excluding carboxylic acids is 1. The maximum atomic E-state index is 13.3. The molecule has 174 valence electrons. The molecule has 3 aromatic carbocycles. The SMILES string of the molecule is COc1ccc(C=O)cc1Cn1c(=O)oc2cc(S(=O)(=O)N3CCc4ccccc4C3)ccc21. The second kappa shape index (κ2) is 8.58. The molecule has 0 N–H and O–H groups in total. The van der Waals surface area contributed by atoms with Crippen LogP contribution in [0, 0.1) is 0 Å². The maximum absolute atomic E-state index is 13.3. The van der Waals surface area contributed by atoms with Gasteiger partial charge in [0, 0.05) is 30.3 Å². The molecule has 2 heterocycles. The molecule has 0 bridgehead atoms. The fraction of sp³-hybridized carbons (Fsp3) is 0.200. The van der Waals surface area contributed by atoms with Gasteiger partial charge in [0.05, 0.1) is 24.1 Å². The Morgan fingerprint density at radius 3 is 2.62 bits per heavy atom. The fourth-order valence-corrected chi connectivity index (χ4v) is 5.78. The lowest BCUT2D eigenvalue weighted by Crippen LogP contribution is -2.35. The van der Waals surface area contributed by atoms with Crippen molar-refractivity contribution in [3.05, 3.63) is 93.5 Å². The number of aromatic nitrogens is 1. The van der Waals surface area contributed by atoms with Gasteiger partial charge in [-0.15, -0.1) is 0 Å². The lowest BCUT2D eigenvalue weighted by molar-refractivity contribution is 0.112. The van der Waals surface area contributed by atoms with Crippen LogP contribution in [0.4, 0.5) is 0 Å². The third-order valence-electron chi connectivity index (χ3n) is 6.14. The van der Waals surface area contributed by atoms with Crippen molar-refractivity contribution in [2.24, 2.45) is 0 Å². The zero-order chi connectivity index (χ0) is 23.9. The van der Waals surface area contributed by atoms with Gasteiger partial charge in [0.1, 0.15) is 12.0 Å². The van der Waals surface area contributed by atoms with Crippen molar-refractivity contribution < 1.29 is 22.4 Å². The van der Waals surface area contributed by atoms with E-state index in [0.717, 1.165) is 17.4 Å². The molecule has 5 rings (SSSR count). The van der Waals surface area contributed by atoms with Gasteiger partial charge in [-0.05, 0) is 47.9 Å². The number of methoxy groups -OCH3 is 1. The molecule has 0 atom stereocenters. The Balaban J connectivity index is 1.49. The predicted molar refractivity (Wildman–Crippen MR) is 126 cm³/mol. The van der Waals surface area contributed by atoms with Crippen molar-refractivity contribution in [3.63, 3.8) is 0 Å². The van der Waals surface area contributed by atoms with Crippen molar-refractivity contribution in [1.82, 2.24) is 8.87 Å². The first-order valence-electron chi connectivity index (χ1n) is 10.7. The zero-order valence-corrected chi connectivity index (χ0v) is 19.2. The number of fused-ring (bicyclic) bond motifs is 2. The third kappa shape index (κ3) is 3.82. The molecule has 0 saturated heterocycles. The van der Waals surface area contributed by atoms with Gasteiger partial charge < -0.3 is 9.15 Å². The number of aldehydes is 1. The molecule has 4 aromatic rings. The lowest BCUT2D eigenvalue weighted by Gasteiger charge is -2.28. The molecule has 0 saturated carbocycles. The van der Waals surface area contributed by atoms with Crippen molar-refractivity contribution in [2.45, 2.75) is 24.4 Å². The van der Waals surface area contributed by atoms with Crippen LogP contribution >= 0.6 is 0 Å². The molecule has 1 aromatic heterocycles. The molecule has 0 spiro atoms. The van der Waals surface area contributed by atoms with Gasteiger partial charge in [-0.1, -0.05) is 24.3 Å². The Kier molecular flexibility index (Phi) is 5.59. The Bertz CT molecular complexity index is 1570. The molecule has 0 aliphatic carbocycles. The molecular weight excluding hydrogens is 456 g/mol. The first-order chi connectivity index (χ1) is 16.4. The van der Waals surface area contributed by atoms with Gasteiger partial charge in [-0.25, -0.2) is 13.2 Å². The summed E-state index contributed by atoms with van der Waals surface area (Å²) in [5.74, 6) is -0.105. The topological polar surface area (TPSA) is 98.8 Å². The fourth-order valence-electron chi connectivity index (χ4n) is 4.35. The highest BCUT2D eigenvalue weighted by atomic mass is 32.2. The second-order valence-electron chi connectivity index (χ2n) is 8.13. The van der Waals surface area contributed by atoms with Crippen LogP contribution in [0.3, 0.4) is 0 Å². The van der Waals surface area contributed by atoms with Crippen LogP contribution in [0.15, 0.2) is 74.8 Å². The predicted octanol–water partition coefficient (Wildman–Crippen LogP) is 3.21. The van der Waals surface area contributed by atoms with E-state index < -0.39 is 15.8 Å². The normalized spacial score (nSPS) is 14.1.